The first-order chi connectivity index (χ1) is 12.6. The van der Waals surface area contributed by atoms with Crippen LogP contribution in [0.25, 0.3) is 0 Å². The average molecular weight is 374 g/mol. The van der Waals surface area contributed by atoms with E-state index in [0.29, 0.717) is 22.6 Å². The van der Waals surface area contributed by atoms with E-state index in [0.717, 1.165) is 49.4 Å². The fourth-order valence-electron chi connectivity index (χ4n) is 4.37. The van der Waals surface area contributed by atoms with Crippen LogP contribution in [0.5, 0.6) is 5.75 Å². The van der Waals surface area contributed by atoms with Crippen LogP contribution in [-0.4, -0.2) is 40.2 Å². The van der Waals surface area contributed by atoms with E-state index in [-0.39, 0.29) is 12.0 Å². The molecule has 1 saturated carbocycles. The number of likely N-dealkylation sites (tertiary alicyclic amines) is 1. The zero-order valence-electron chi connectivity index (χ0n) is 15.2. The summed E-state index contributed by atoms with van der Waals surface area (Å²) in [6, 6.07) is 7.59. The number of benzene rings is 1. The molecule has 1 aromatic heterocycles. The Morgan fingerprint density at radius 1 is 1.35 bits per heavy atom. The van der Waals surface area contributed by atoms with Crippen molar-refractivity contribution in [1.82, 2.24) is 15.1 Å². The molecule has 0 spiro atoms. The number of nitrogens with zero attached hydrogens (tertiary/aromatic N) is 2. The number of fused-ring (bicyclic) bond motifs is 1. The Kier molecular flexibility index (Phi) is 4.65. The number of H-pyrrole nitrogens is 1. The van der Waals surface area contributed by atoms with E-state index >= 15 is 0 Å². The predicted octanol–water partition coefficient (Wildman–Crippen LogP) is 3.86. The largest absolute Gasteiger partial charge is 0.489 e. The molecule has 3 atom stereocenters. The number of aromatic amines is 1. The Morgan fingerprint density at radius 2 is 2.15 bits per heavy atom. The molecular formula is C20H24ClN3O2. The molecule has 6 heteroatoms. The van der Waals surface area contributed by atoms with Crippen molar-refractivity contribution in [3.8, 4) is 5.75 Å². The Morgan fingerprint density at radius 3 is 2.88 bits per heavy atom. The molecule has 1 aliphatic carbocycles. The van der Waals surface area contributed by atoms with Crippen molar-refractivity contribution in [2.45, 2.75) is 39.2 Å². The van der Waals surface area contributed by atoms with Crippen molar-refractivity contribution in [2.75, 3.05) is 13.1 Å². The van der Waals surface area contributed by atoms with Gasteiger partial charge in [-0.25, -0.2) is 0 Å². The second-order valence-corrected chi connectivity index (χ2v) is 7.73. The van der Waals surface area contributed by atoms with Gasteiger partial charge in [-0.05, 0) is 44.2 Å². The Balaban J connectivity index is 1.46. The van der Waals surface area contributed by atoms with Crippen molar-refractivity contribution >= 4 is 17.5 Å². The van der Waals surface area contributed by atoms with Gasteiger partial charge in [-0.3, -0.25) is 9.89 Å². The molecule has 0 radical (unpaired) electrons. The number of carbonyl (C=O) groups excluding carboxylic acids is 1. The standard InChI is InChI=1S/C20H24ClN3O2/c1-3-16-12(2)19(23-22-16)20(25)24-10-13-8-9-17(14(13)11-24)26-18-7-5-4-6-15(18)21/h4-7,13-14,17H,3,8-11H2,1-2H3,(H,22,23)/t13-,14+,17-/m0/s1. The summed E-state index contributed by atoms with van der Waals surface area (Å²) in [6.45, 7) is 5.55. The number of carbonyl (C=O) groups is 1. The molecule has 1 N–H and O–H groups in total. The molecule has 2 fully saturated rings. The maximum absolute atomic E-state index is 12.9. The van der Waals surface area contributed by atoms with Crippen molar-refractivity contribution in [3.05, 3.63) is 46.2 Å². The maximum Gasteiger partial charge on any atom is 0.274 e. The van der Waals surface area contributed by atoms with Gasteiger partial charge >= 0.3 is 0 Å². The number of rotatable bonds is 4. The molecule has 2 aliphatic rings. The van der Waals surface area contributed by atoms with E-state index in [1.165, 1.54) is 0 Å². The SMILES string of the molecule is CCc1[nH]nc(C(=O)N2C[C@@H]3CC[C@H](Oc4ccccc4Cl)[C@@H]3C2)c1C. The molecule has 1 amide bonds. The van der Waals surface area contributed by atoms with E-state index in [4.69, 9.17) is 16.3 Å². The normalized spacial score (nSPS) is 24.7. The van der Waals surface area contributed by atoms with Crippen LogP contribution in [0.15, 0.2) is 24.3 Å². The van der Waals surface area contributed by atoms with Crippen molar-refractivity contribution in [2.24, 2.45) is 11.8 Å². The molecule has 1 aromatic carbocycles. The quantitative estimate of drug-likeness (QED) is 0.885. The summed E-state index contributed by atoms with van der Waals surface area (Å²) in [7, 11) is 0. The summed E-state index contributed by atoms with van der Waals surface area (Å²) in [6.07, 6.45) is 3.07. The second-order valence-electron chi connectivity index (χ2n) is 7.33. The molecule has 1 aliphatic heterocycles. The lowest BCUT2D eigenvalue weighted by Crippen LogP contribution is -2.33. The fourth-order valence-corrected chi connectivity index (χ4v) is 4.55. The highest BCUT2D eigenvalue weighted by Gasteiger charge is 2.46. The molecule has 138 valence electrons. The van der Waals surface area contributed by atoms with Crippen LogP contribution in [0.1, 0.15) is 41.5 Å². The summed E-state index contributed by atoms with van der Waals surface area (Å²) < 4.78 is 6.21. The third kappa shape index (κ3) is 2.98. The minimum atomic E-state index is 0.0318. The van der Waals surface area contributed by atoms with Crippen molar-refractivity contribution < 1.29 is 9.53 Å². The first-order valence-electron chi connectivity index (χ1n) is 9.32. The minimum absolute atomic E-state index is 0.0318. The molecule has 5 nitrogen and oxygen atoms in total. The van der Waals surface area contributed by atoms with Gasteiger partial charge in [0, 0.05) is 30.3 Å². The van der Waals surface area contributed by atoms with Crippen LogP contribution >= 0.6 is 11.6 Å². The highest BCUT2D eigenvalue weighted by atomic mass is 35.5. The van der Waals surface area contributed by atoms with E-state index in [1.807, 2.05) is 36.1 Å². The van der Waals surface area contributed by atoms with Gasteiger partial charge in [0.1, 0.15) is 11.9 Å². The summed E-state index contributed by atoms with van der Waals surface area (Å²) in [5.74, 6) is 1.63. The van der Waals surface area contributed by atoms with E-state index in [2.05, 4.69) is 17.1 Å². The fraction of sp³-hybridized carbons (Fsp3) is 0.500. The van der Waals surface area contributed by atoms with Crippen LogP contribution in [0.2, 0.25) is 5.02 Å². The van der Waals surface area contributed by atoms with Crippen LogP contribution in [0.3, 0.4) is 0 Å². The lowest BCUT2D eigenvalue weighted by Gasteiger charge is -2.22. The summed E-state index contributed by atoms with van der Waals surface area (Å²) in [4.78, 5) is 14.9. The molecule has 1 saturated heterocycles. The predicted molar refractivity (Wildman–Crippen MR) is 101 cm³/mol. The molecular weight excluding hydrogens is 350 g/mol. The molecule has 4 rings (SSSR count). The Labute approximate surface area is 158 Å². The minimum Gasteiger partial charge on any atom is -0.489 e. The number of nitrogens with one attached hydrogen (secondary N) is 1. The monoisotopic (exact) mass is 373 g/mol. The number of hydrogen-bond donors (Lipinski definition) is 1. The van der Waals surface area contributed by atoms with Gasteiger partial charge in [0.15, 0.2) is 5.69 Å². The number of amides is 1. The number of ether oxygens (including phenoxy) is 1. The number of halogens is 1. The third-order valence-electron chi connectivity index (χ3n) is 5.86. The Hall–Kier alpha value is -2.01. The van der Waals surface area contributed by atoms with Crippen molar-refractivity contribution in [3.63, 3.8) is 0 Å². The van der Waals surface area contributed by atoms with Crippen molar-refractivity contribution in [1.29, 1.82) is 0 Å². The summed E-state index contributed by atoms with van der Waals surface area (Å²) in [5, 5.41) is 7.89. The lowest BCUT2D eigenvalue weighted by molar-refractivity contribution is 0.0756. The molecule has 0 unspecified atom stereocenters. The zero-order chi connectivity index (χ0) is 18.3. The highest BCUT2D eigenvalue weighted by Crippen LogP contribution is 2.41. The van der Waals surface area contributed by atoms with Crippen LogP contribution in [0.4, 0.5) is 0 Å². The van der Waals surface area contributed by atoms with Crippen LogP contribution in [-0.2, 0) is 6.42 Å². The molecule has 2 heterocycles. The van der Waals surface area contributed by atoms with Gasteiger partial charge in [-0.2, -0.15) is 5.10 Å². The topological polar surface area (TPSA) is 58.2 Å². The van der Waals surface area contributed by atoms with E-state index in [9.17, 15) is 4.79 Å². The van der Waals surface area contributed by atoms with Gasteiger partial charge in [0.25, 0.3) is 5.91 Å². The van der Waals surface area contributed by atoms with Gasteiger partial charge in [-0.1, -0.05) is 30.7 Å². The number of aromatic nitrogens is 2. The first kappa shape index (κ1) is 17.4. The van der Waals surface area contributed by atoms with Gasteiger partial charge in [0.05, 0.1) is 5.02 Å². The highest BCUT2D eigenvalue weighted by molar-refractivity contribution is 6.32. The van der Waals surface area contributed by atoms with Crippen LogP contribution < -0.4 is 4.74 Å². The van der Waals surface area contributed by atoms with E-state index in [1.54, 1.807) is 0 Å². The molecule has 26 heavy (non-hydrogen) atoms. The van der Waals surface area contributed by atoms with Crippen LogP contribution in [0, 0.1) is 18.8 Å². The second kappa shape index (κ2) is 6.95. The zero-order valence-corrected chi connectivity index (χ0v) is 15.9. The Bertz CT molecular complexity index is 819. The first-order valence-corrected chi connectivity index (χ1v) is 9.70. The maximum atomic E-state index is 12.9. The third-order valence-corrected chi connectivity index (χ3v) is 6.17. The van der Waals surface area contributed by atoms with Gasteiger partial charge in [0.2, 0.25) is 0 Å². The summed E-state index contributed by atoms with van der Waals surface area (Å²) >= 11 is 6.24. The smallest absolute Gasteiger partial charge is 0.274 e. The molecule has 0 bridgehead atoms. The summed E-state index contributed by atoms with van der Waals surface area (Å²) in [5.41, 5.74) is 2.57. The van der Waals surface area contributed by atoms with Gasteiger partial charge in [-0.15, -0.1) is 0 Å². The number of hydrogen-bond acceptors (Lipinski definition) is 3. The number of aryl methyl sites for hydroxylation is 1. The molecule has 2 aromatic rings. The van der Waals surface area contributed by atoms with E-state index < -0.39 is 0 Å². The average Bonchev–Trinajstić information content (AvgIpc) is 3.31. The lowest BCUT2D eigenvalue weighted by atomic mass is 9.99. The number of para-hydroxylation sites is 1. The van der Waals surface area contributed by atoms with Gasteiger partial charge < -0.3 is 9.64 Å².